The van der Waals surface area contributed by atoms with E-state index in [2.05, 4.69) is 4.98 Å². The molecule has 6 nitrogen and oxygen atoms in total. The van der Waals surface area contributed by atoms with Crippen LogP contribution in [0.4, 0.5) is 0 Å². The van der Waals surface area contributed by atoms with Gasteiger partial charge in [0.15, 0.2) is 0 Å². The number of nitrogens with zero attached hydrogens (tertiary/aromatic N) is 2. The number of carbonyl (C=O) groups is 1. The summed E-state index contributed by atoms with van der Waals surface area (Å²) in [6, 6.07) is 2.98. The third-order valence-corrected chi connectivity index (χ3v) is 5.13. The molecule has 24 heavy (non-hydrogen) atoms. The Morgan fingerprint density at radius 2 is 2.12 bits per heavy atom. The van der Waals surface area contributed by atoms with Crippen molar-refractivity contribution < 1.29 is 14.3 Å². The first kappa shape index (κ1) is 16.4. The Morgan fingerprint density at radius 1 is 1.38 bits per heavy atom. The lowest BCUT2D eigenvalue weighted by Crippen LogP contribution is -2.25. The quantitative estimate of drug-likeness (QED) is 0.765. The highest BCUT2D eigenvalue weighted by Gasteiger charge is 2.18. The Balaban J connectivity index is 2.15. The lowest BCUT2D eigenvalue weighted by atomic mass is 10.2. The number of aromatic carboxylic acids is 1. The van der Waals surface area contributed by atoms with E-state index < -0.39 is 5.97 Å². The van der Waals surface area contributed by atoms with E-state index in [-0.39, 0.29) is 17.9 Å². The second kappa shape index (κ2) is 6.24. The van der Waals surface area contributed by atoms with Gasteiger partial charge >= 0.3 is 5.97 Å². The largest absolute Gasteiger partial charge is 0.475 e. The summed E-state index contributed by atoms with van der Waals surface area (Å²) in [7, 11) is 0. The first-order valence-corrected chi connectivity index (χ1v) is 8.55. The van der Waals surface area contributed by atoms with Crippen LogP contribution in [0.5, 0.6) is 0 Å². The molecule has 0 saturated heterocycles. The van der Waals surface area contributed by atoms with Crippen LogP contribution in [-0.4, -0.2) is 20.6 Å². The Morgan fingerprint density at radius 3 is 2.75 bits per heavy atom. The van der Waals surface area contributed by atoms with Crippen molar-refractivity contribution in [2.75, 3.05) is 0 Å². The topological polar surface area (TPSA) is 85.3 Å². The molecule has 0 radical (unpaired) electrons. The maximum atomic E-state index is 13.0. The van der Waals surface area contributed by atoms with Crippen molar-refractivity contribution in [2.24, 2.45) is 0 Å². The van der Waals surface area contributed by atoms with E-state index in [1.165, 1.54) is 17.4 Å². The molecule has 3 heterocycles. The summed E-state index contributed by atoms with van der Waals surface area (Å²) in [5, 5.41) is 9.61. The fourth-order valence-corrected chi connectivity index (χ4v) is 3.72. The summed E-state index contributed by atoms with van der Waals surface area (Å²) < 4.78 is 6.89. The molecule has 1 N–H and O–H groups in total. The van der Waals surface area contributed by atoms with Crippen LogP contribution < -0.4 is 5.56 Å². The minimum absolute atomic E-state index is 0.0985. The summed E-state index contributed by atoms with van der Waals surface area (Å²) >= 11 is 1.53. The second-order valence-electron chi connectivity index (χ2n) is 5.70. The fraction of sp³-hybridized carbons (Fsp3) is 0.353. The van der Waals surface area contributed by atoms with Gasteiger partial charge in [-0.05, 0) is 38.0 Å². The van der Waals surface area contributed by atoms with Crippen LogP contribution >= 0.6 is 11.3 Å². The Bertz CT molecular complexity index is 981. The average molecular weight is 346 g/mol. The van der Waals surface area contributed by atoms with E-state index in [4.69, 9.17) is 9.52 Å². The molecule has 0 bridgehead atoms. The van der Waals surface area contributed by atoms with Gasteiger partial charge in [-0.2, -0.15) is 0 Å². The van der Waals surface area contributed by atoms with Crippen LogP contribution in [-0.2, 0) is 13.0 Å². The monoisotopic (exact) mass is 346 g/mol. The molecule has 3 aromatic heterocycles. The van der Waals surface area contributed by atoms with Crippen molar-refractivity contribution in [1.29, 1.82) is 0 Å². The third-order valence-electron chi connectivity index (χ3n) is 4.03. The van der Waals surface area contributed by atoms with Crippen molar-refractivity contribution >= 4 is 27.5 Å². The molecule has 0 aromatic carbocycles. The number of hydrogen-bond donors (Lipinski definition) is 1. The minimum Gasteiger partial charge on any atom is -0.475 e. The molecule has 0 amide bonds. The third kappa shape index (κ3) is 2.75. The molecule has 0 unspecified atom stereocenters. The maximum Gasteiger partial charge on any atom is 0.371 e. The van der Waals surface area contributed by atoms with Crippen molar-refractivity contribution in [1.82, 2.24) is 9.55 Å². The maximum absolute atomic E-state index is 13.0. The summed E-state index contributed by atoms with van der Waals surface area (Å²) in [6.45, 7) is 6.12. The molecule has 7 heteroatoms. The Labute approximate surface area is 142 Å². The van der Waals surface area contributed by atoms with Crippen LogP contribution in [0.1, 0.15) is 45.9 Å². The van der Waals surface area contributed by atoms with Gasteiger partial charge in [0.1, 0.15) is 16.4 Å². The number of fused-ring (bicyclic) bond motifs is 1. The smallest absolute Gasteiger partial charge is 0.371 e. The number of hydrogen-bond acceptors (Lipinski definition) is 5. The first-order chi connectivity index (χ1) is 11.4. The van der Waals surface area contributed by atoms with E-state index in [1.54, 1.807) is 10.6 Å². The van der Waals surface area contributed by atoms with Gasteiger partial charge in [0.05, 0.1) is 11.9 Å². The zero-order valence-corrected chi connectivity index (χ0v) is 14.6. The number of rotatable bonds is 5. The van der Waals surface area contributed by atoms with Crippen LogP contribution in [0.15, 0.2) is 21.3 Å². The minimum atomic E-state index is -1.12. The SMILES string of the molecule is CCCc1nc2sc(C)c(C)c2c(=O)n1Cc1ccc(C(=O)O)o1. The van der Waals surface area contributed by atoms with Gasteiger partial charge < -0.3 is 9.52 Å². The molecule has 0 saturated carbocycles. The summed E-state index contributed by atoms with van der Waals surface area (Å²) in [4.78, 5) is 30.4. The lowest BCUT2D eigenvalue weighted by molar-refractivity contribution is 0.0660. The molecule has 0 fully saturated rings. The van der Waals surface area contributed by atoms with E-state index in [1.807, 2.05) is 20.8 Å². The van der Waals surface area contributed by atoms with Gasteiger partial charge in [-0.1, -0.05) is 6.92 Å². The zero-order valence-electron chi connectivity index (χ0n) is 13.8. The predicted molar refractivity (Wildman–Crippen MR) is 92.1 cm³/mol. The molecule has 126 valence electrons. The number of aromatic nitrogens is 2. The molecule has 0 spiro atoms. The van der Waals surface area contributed by atoms with Crippen LogP contribution in [0.3, 0.4) is 0 Å². The van der Waals surface area contributed by atoms with Crippen LogP contribution in [0.2, 0.25) is 0 Å². The van der Waals surface area contributed by atoms with Crippen molar-refractivity contribution in [3.63, 3.8) is 0 Å². The highest BCUT2D eigenvalue weighted by atomic mass is 32.1. The highest BCUT2D eigenvalue weighted by molar-refractivity contribution is 7.18. The van der Waals surface area contributed by atoms with Gasteiger partial charge in [-0.15, -0.1) is 11.3 Å². The lowest BCUT2D eigenvalue weighted by Gasteiger charge is -2.10. The fourth-order valence-electron chi connectivity index (χ4n) is 2.68. The van der Waals surface area contributed by atoms with E-state index in [0.29, 0.717) is 23.4 Å². The van der Waals surface area contributed by atoms with Crippen molar-refractivity contribution in [2.45, 2.75) is 40.2 Å². The summed E-state index contributed by atoms with van der Waals surface area (Å²) in [6.07, 6.45) is 1.54. The molecule has 3 rings (SSSR count). The molecule has 0 aliphatic heterocycles. The Kier molecular flexibility index (Phi) is 4.28. The van der Waals surface area contributed by atoms with E-state index >= 15 is 0 Å². The van der Waals surface area contributed by atoms with E-state index in [0.717, 1.165) is 21.7 Å². The summed E-state index contributed by atoms with van der Waals surface area (Å²) in [5.41, 5.74) is 0.855. The normalized spacial score (nSPS) is 11.3. The van der Waals surface area contributed by atoms with Gasteiger partial charge in [0, 0.05) is 11.3 Å². The van der Waals surface area contributed by atoms with Gasteiger partial charge in [0.25, 0.3) is 5.56 Å². The van der Waals surface area contributed by atoms with Crippen molar-refractivity contribution in [3.8, 4) is 0 Å². The van der Waals surface area contributed by atoms with Gasteiger partial charge in [-0.3, -0.25) is 9.36 Å². The number of thiophene rings is 1. The van der Waals surface area contributed by atoms with E-state index in [9.17, 15) is 9.59 Å². The zero-order chi connectivity index (χ0) is 17.4. The molecule has 0 aliphatic rings. The molecular weight excluding hydrogens is 328 g/mol. The molecule has 0 aliphatic carbocycles. The Hall–Kier alpha value is -2.41. The second-order valence-corrected chi connectivity index (χ2v) is 6.91. The molecular formula is C17H18N2O4S. The highest BCUT2D eigenvalue weighted by Crippen LogP contribution is 2.26. The average Bonchev–Trinajstić information content (AvgIpc) is 3.09. The van der Waals surface area contributed by atoms with Crippen LogP contribution in [0.25, 0.3) is 10.2 Å². The van der Waals surface area contributed by atoms with Gasteiger partial charge in [0.2, 0.25) is 5.76 Å². The predicted octanol–water partition coefficient (Wildman–Crippen LogP) is 3.37. The van der Waals surface area contributed by atoms with Crippen LogP contribution in [0, 0.1) is 13.8 Å². The summed E-state index contributed by atoms with van der Waals surface area (Å²) in [5.74, 6) is -0.130. The van der Waals surface area contributed by atoms with Gasteiger partial charge in [-0.25, -0.2) is 9.78 Å². The number of aryl methyl sites for hydroxylation is 3. The first-order valence-electron chi connectivity index (χ1n) is 7.73. The number of furan rings is 1. The number of carboxylic acids is 1. The standard InChI is InChI=1S/C17H18N2O4S/c1-4-5-13-18-15-14(9(2)10(3)24-15)16(20)19(13)8-11-6-7-12(23-11)17(21)22/h6-7H,4-5,8H2,1-3H3,(H,21,22). The molecule has 0 atom stereocenters. The number of carboxylic acid groups (broad SMARTS) is 1. The molecule has 3 aromatic rings. The van der Waals surface area contributed by atoms with Crippen molar-refractivity contribution in [3.05, 3.63) is 50.3 Å².